The van der Waals surface area contributed by atoms with Crippen LogP contribution in [0.4, 0.5) is 0 Å². The van der Waals surface area contributed by atoms with E-state index in [0.29, 0.717) is 30.4 Å². The molecular weight excluding hydrogens is 362 g/mol. The summed E-state index contributed by atoms with van der Waals surface area (Å²) in [7, 11) is 0. The monoisotopic (exact) mass is 393 g/mol. The third-order valence-electron chi connectivity index (χ3n) is 5.11. The number of ether oxygens (including phenoxy) is 1. The van der Waals surface area contributed by atoms with Crippen LogP contribution in [-0.2, 0) is 12.0 Å². The van der Waals surface area contributed by atoms with Gasteiger partial charge in [0, 0.05) is 12.6 Å². The van der Waals surface area contributed by atoms with E-state index in [-0.39, 0.29) is 11.0 Å². The van der Waals surface area contributed by atoms with E-state index in [9.17, 15) is 4.79 Å². The highest BCUT2D eigenvalue weighted by atomic mass is 16.5. The van der Waals surface area contributed by atoms with Crippen LogP contribution in [0.3, 0.4) is 0 Å². The summed E-state index contributed by atoms with van der Waals surface area (Å²) in [6.07, 6.45) is 0. The summed E-state index contributed by atoms with van der Waals surface area (Å²) < 4.78 is 5.95. The van der Waals surface area contributed by atoms with Gasteiger partial charge in [0.1, 0.15) is 18.2 Å². The first-order valence-electron chi connectivity index (χ1n) is 10.2. The Morgan fingerprint density at radius 2 is 1.76 bits per heavy atom. The number of nitrogens with zero attached hydrogens (tertiary/aromatic N) is 2. The predicted molar refractivity (Wildman–Crippen MR) is 119 cm³/mol. The second-order valence-electron chi connectivity index (χ2n) is 8.72. The van der Waals surface area contributed by atoms with Crippen molar-refractivity contribution in [2.75, 3.05) is 13.2 Å². The van der Waals surface area contributed by atoms with Crippen LogP contribution in [0, 0.1) is 0 Å². The summed E-state index contributed by atoms with van der Waals surface area (Å²) in [4.78, 5) is 22.1. The normalized spacial score (nSPS) is 12.1. The quantitative estimate of drug-likeness (QED) is 0.642. The topological polar surface area (TPSA) is 58.2 Å². The third kappa shape index (κ3) is 5.45. The van der Waals surface area contributed by atoms with E-state index >= 15 is 0 Å². The lowest BCUT2D eigenvalue weighted by molar-refractivity contribution is 0.165. The number of nitrogens with one attached hydrogen (secondary N) is 1. The molecule has 3 aromatic rings. The summed E-state index contributed by atoms with van der Waals surface area (Å²) in [5.41, 5.74) is 2.06. The summed E-state index contributed by atoms with van der Waals surface area (Å²) in [5, 5.41) is 0.620. The van der Waals surface area contributed by atoms with Crippen LogP contribution in [0.5, 0.6) is 5.75 Å². The van der Waals surface area contributed by atoms with Gasteiger partial charge in [0.15, 0.2) is 0 Å². The van der Waals surface area contributed by atoms with Crippen molar-refractivity contribution in [3.63, 3.8) is 0 Å². The van der Waals surface area contributed by atoms with Gasteiger partial charge in [-0.25, -0.2) is 4.98 Å². The van der Waals surface area contributed by atoms with Gasteiger partial charge in [-0.15, -0.1) is 0 Å². The van der Waals surface area contributed by atoms with E-state index in [0.717, 1.165) is 17.8 Å². The number of rotatable bonds is 7. The Hall–Kier alpha value is -2.66. The minimum atomic E-state index is -0.0931. The summed E-state index contributed by atoms with van der Waals surface area (Å²) in [5.74, 6) is 1.55. The zero-order valence-electron chi connectivity index (χ0n) is 18.0. The van der Waals surface area contributed by atoms with Crippen LogP contribution in [0.1, 0.15) is 46.0 Å². The van der Waals surface area contributed by atoms with Crippen molar-refractivity contribution in [3.05, 3.63) is 70.3 Å². The van der Waals surface area contributed by atoms with E-state index in [1.54, 1.807) is 6.07 Å². The van der Waals surface area contributed by atoms with E-state index in [1.807, 2.05) is 30.3 Å². The van der Waals surface area contributed by atoms with E-state index in [2.05, 4.69) is 61.6 Å². The molecule has 0 spiro atoms. The second kappa shape index (κ2) is 8.78. The van der Waals surface area contributed by atoms with Crippen molar-refractivity contribution in [3.8, 4) is 5.75 Å². The largest absolute Gasteiger partial charge is 0.492 e. The average molecular weight is 394 g/mol. The maximum Gasteiger partial charge on any atom is 0.258 e. The molecule has 0 radical (unpaired) electrons. The van der Waals surface area contributed by atoms with Crippen LogP contribution in [0.2, 0.25) is 0 Å². The van der Waals surface area contributed by atoms with Crippen molar-refractivity contribution < 1.29 is 4.74 Å². The third-order valence-corrected chi connectivity index (χ3v) is 5.11. The van der Waals surface area contributed by atoms with Gasteiger partial charge in [-0.2, -0.15) is 0 Å². The van der Waals surface area contributed by atoms with Gasteiger partial charge in [-0.05, 0) is 49.1 Å². The minimum absolute atomic E-state index is 0.0931. The Kier molecular flexibility index (Phi) is 6.38. The molecule has 0 unspecified atom stereocenters. The molecule has 5 heteroatoms. The zero-order chi connectivity index (χ0) is 21.0. The van der Waals surface area contributed by atoms with Crippen molar-refractivity contribution in [2.24, 2.45) is 0 Å². The fourth-order valence-electron chi connectivity index (χ4n) is 3.25. The molecule has 29 heavy (non-hydrogen) atoms. The molecule has 0 aliphatic carbocycles. The van der Waals surface area contributed by atoms with Crippen molar-refractivity contribution in [1.29, 1.82) is 0 Å². The number of fused-ring (bicyclic) bond motifs is 1. The molecule has 154 valence electrons. The highest BCUT2D eigenvalue weighted by molar-refractivity contribution is 5.77. The number of aromatic amines is 1. The molecule has 0 bridgehead atoms. The van der Waals surface area contributed by atoms with E-state index < -0.39 is 0 Å². The molecule has 1 heterocycles. The first kappa shape index (κ1) is 21.1. The lowest BCUT2D eigenvalue weighted by atomic mass is 9.87. The first-order valence-corrected chi connectivity index (χ1v) is 10.2. The molecule has 0 saturated heterocycles. The predicted octanol–water partition coefficient (Wildman–Crippen LogP) is 4.51. The number of para-hydroxylation sites is 1. The number of hydrogen-bond acceptors (Lipinski definition) is 4. The van der Waals surface area contributed by atoms with Gasteiger partial charge in [0.2, 0.25) is 0 Å². The smallest absolute Gasteiger partial charge is 0.258 e. The van der Waals surface area contributed by atoms with Crippen molar-refractivity contribution in [2.45, 2.75) is 52.6 Å². The molecule has 0 aliphatic heterocycles. The van der Waals surface area contributed by atoms with Gasteiger partial charge >= 0.3 is 0 Å². The van der Waals surface area contributed by atoms with Crippen molar-refractivity contribution >= 4 is 10.9 Å². The number of hydrogen-bond donors (Lipinski definition) is 1. The molecular formula is C24H31N3O2. The molecule has 0 aliphatic rings. The number of aromatic nitrogens is 2. The average Bonchev–Trinajstić information content (AvgIpc) is 2.67. The molecule has 3 rings (SSSR count). The summed E-state index contributed by atoms with van der Waals surface area (Å²) >= 11 is 0. The molecule has 1 N–H and O–H groups in total. The van der Waals surface area contributed by atoms with E-state index in [4.69, 9.17) is 4.74 Å². The molecule has 5 nitrogen and oxygen atoms in total. The lowest BCUT2D eigenvalue weighted by Gasteiger charge is -2.26. The molecule has 0 fully saturated rings. The molecule has 0 amide bonds. The Balaban J connectivity index is 1.63. The molecule has 2 aromatic carbocycles. The summed E-state index contributed by atoms with van der Waals surface area (Å²) in [6.45, 7) is 12.8. The van der Waals surface area contributed by atoms with E-state index in [1.165, 1.54) is 5.56 Å². The van der Waals surface area contributed by atoms with Crippen LogP contribution >= 0.6 is 0 Å². The lowest BCUT2D eigenvalue weighted by Crippen LogP contribution is -2.35. The Morgan fingerprint density at radius 3 is 2.41 bits per heavy atom. The zero-order valence-corrected chi connectivity index (χ0v) is 18.0. The van der Waals surface area contributed by atoms with Crippen LogP contribution in [0.25, 0.3) is 10.9 Å². The fraction of sp³-hybridized carbons (Fsp3) is 0.417. The Morgan fingerprint density at radius 1 is 1.07 bits per heavy atom. The standard InChI is InChI=1S/C24H31N3O2/c1-17(2)27(14-15-29-19-12-10-18(11-13-19)24(3,4)5)16-22-25-21-9-7-6-8-20(21)23(28)26-22/h6-13,17H,14-16H2,1-5H3,(H,25,26,28). The first-order chi connectivity index (χ1) is 13.7. The molecule has 0 saturated carbocycles. The number of H-pyrrole nitrogens is 1. The van der Waals surface area contributed by atoms with Gasteiger partial charge in [-0.3, -0.25) is 9.69 Å². The molecule has 0 atom stereocenters. The highest BCUT2D eigenvalue weighted by Gasteiger charge is 2.15. The highest BCUT2D eigenvalue weighted by Crippen LogP contribution is 2.24. The van der Waals surface area contributed by atoms with Gasteiger partial charge < -0.3 is 9.72 Å². The Bertz CT molecular complexity index is 1000. The van der Waals surface area contributed by atoms with Gasteiger partial charge in [-0.1, -0.05) is 45.0 Å². The van der Waals surface area contributed by atoms with Crippen LogP contribution < -0.4 is 10.3 Å². The van der Waals surface area contributed by atoms with Crippen molar-refractivity contribution in [1.82, 2.24) is 14.9 Å². The van der Waals surface area contributed by atoms with Crippen LogP contribution in [0.15, 0.2) is 53.3 Å². The minimum Gasteiger partial charge on any atom is -0.492 e. The maximum atomic E-state index is 12.3. The fourth-order valence-corrected chi connectivity index (χ4v) is 3.25. The maximum absolute atomic E-state index is 12.3. The van der Waals surface area contributed by atoms with Gasteiger partial charge in [0.05, 0.1) is 17.4 Å². The second-order valence-corrected chi connectivity index (χ2v) is 8.72. The molecule has 1 aromatic heterocycles. The van der Waals surface area contributed by atoms with Crippen LogP contribution in [-0.4, -0.2) is 34.1 Å². The summed E-state index contributed by atoms with van der Waals surface area (Å²) in [6, 6.07) is 16.0. The number of benzene rings is 2. The SMILES string of the molecule is CC(C)N(CCOc1ccc(C(C)(C)C)cc1)Cc1nc2ccccc2c(=O)[nH]1. The Labute approximate surface area is 172 Å². The van der Waals surface area contributed by atoms with Gasteiger partial charge in [0.25, 0.3) is 5.56 Å².